The predicted molar refractivity (Wildman–Crippen MR) is 83.7 cm³/mol. The minimum atomic E-state index is -1.29. The highest BCUT2D eigenvalue weighted by atomic mass is 79.9. The van der Waals surface area contributed by atoms with Gasteiger partial charge in [0.05, 0.1) is 6.10 Å². The molecule has 0 bridgehead atoms. The number of carbonyl (C=O) groups is 2. The van der Waals surface area contributed by atoms with Crippen LogP contribution in [-0.2, 0) is 4.79 Å². The maximum Gasteiger partial charge on any atom is 0.329 e. The fourth-order valence-electron chi connectivity index (χ4n) is 1.62. The Balaban J connectivity index is 3.13. The zero-order valence-corrected chi connectivity index (χ0v) is 14.4. The SMILES string of the molecule is CC(C)Oc1cc(Br)cc(C(=O)N(C)C(C)(C)C(=O)O)c1. The minimum Gasteiger partial charge on any atom is -0.491 e. The number of benzene rings is 1. The summed E-state index contributed by atoms with van der Waals surface area (Å²) in [5.41, 5.74) is -0.921. The van der Waals surface area contributed by atoms with E-state index in [0.29, 0.717) is 15.8 Å². The van der Waals surface area contributed by atoms with Crippen LogP contribution in [0.2, 0.25) is 0 Å². The second-order valence-corrected chi connectivity index (χ2v) is 6.49. The molecule has 0 radical (unpaired) electrons. The quantitative estimate of drug-likeness (QED) is 0.878. The van der Waals surface area contributed by atoms with Gasteiger partial charge in [-0.2, -0.15) is 0 Å². The van der Waals surface area contributed by atoms with Gasteiger partial charge in [-0.15, -0.1) is 0 Å². The van der Waals surface area contributed by atoms with Crippen LogP contribution < -0.4 is 4.74 Å². The number of aliphatic carboxylic acids is 1. The first-order chi connectivity index (χ1) is 9.55. The summed E-state index contributed by atoms with van der Waals surface area (Å²) in [6, 6.07) is 5.02. The Labute approximate surface area is 133 Å². The number of carboxylic acids is 1. The van der Waals surface area contributed by atoms with E-state index in [-0.39, 0.29) is 12.0 Å². The molecule has 5 nitrogen and oxygen atoms in total. The summed E-state index contributed by atoms with van der Waals surface area (Å²) in [5, 5.41) is 9.21. The molecule has 1 aromatic rings. The molecule has 0 spiro atoms. The number of carboxylic acid groups (broad SMARTS) is 1. The van der Waals surface area contributed by atoms with E-state index in [1.54, 1.807) is 18.2 Å². The largest absolute Gasteiger partial charge is 0.491 e. The second-order valence-electron chi connectivity index (χ2n) is 5.57. The first-order valence-corrected chi connectivity index (χ1v) is 7.33. The number of rotatable bonds is 5. The summed E-state index contributed by atoms with van der Waals surface area (Å²) in [7, 11) is 1.47. The van der Waals surface area contributed by atoms with Crippen molar-refractivity contribution in [3.63, 3.8) is 0 Å². The summed E-state index contributed by atoms with van der Waals surface area (Å²) in [5.74, 6) is -0.881. The maximum absolute atomic E-state index is 12.5. The van der Waals surface area contributed by atoms with Gasteiger partial charge >= 0.3 is 5.97 Å². The number of carbonyl (C=O) groups excluding carboxylic acids is 1. The smallest absolute Gasteiger partial charge is 0.329 e. The number of hydrogen-bond donors (Lipinski definition) is 1. The van der Waals surface area contributed by atoms with E-state index in [0.717, 1.165) is 0 Å². The Morgan fingerprint density at radius 2 is 1.86 bits per heavy atom. The van der Waals surface area contributed by atoms with E-state index >= 15 is 0 Å². The Morgan fingerprint density at radius 3 is 2.33 bits per heavy atom. The van der Waals surface area contributed by atoms with Crippen molar-refractivity contribution in [3.8, 4) is 5.75 Å². The van der Waals surface area contributed by atoms with Gasteiger partial charge in [0.15, 0.2) is 0 Å². The van der Waals surface area contributed by atoms with Crippen molar-refractivity contribution in [1.29, 1.82) is 0 Å². The van der Waals surface area contributed by atoms with Crippen molar-refractivity contribution in [2.24, 2.45) is 0 Å². The molecule has 0 aliphatic rings. The molecule has 0 aliphatic carbocycles. The monoisotopic (exact) mass is 357 g/mol. The molecule has 21 heavy (non-hydrogen) atoms. The van der Waals surface area contributed by atoms with Crippen LogP contribution in [0, 0.1) is 0 Å². The molecule has 0 aromatic heterocycles. The Hall–Kier alpha value is -1.56. The van der Waals surface area contributed by atoms with Crippen LogP contribution in [0.5, 0.6) is 5.75 Å². The summed E-state index contributed by atoms with van der Waals surface area (Å²) in [4.78, 5) is 24.9. The van der Waals surface area contributed by atoms with Gasteiger partial charge in [0.1, 0.15) is 11.3 Å². The number of halogens is 1. The standard InChI is InChI=1S/C15H20BrNO4/c1-9(2)21-12-7-10(6-11(16)8-12)13(18)17(5)15(3,4)14(19)20/h6-9H,1-5H3,(H,19,20). The number of ether oxygens (including phenoxy) is 1. The fraction of sp³-hybridized carbons (Fsp3) is 0.467. The molecule has 0 aliphatic heterocycles. The molecule has 1 N–H and O–H groups in total. The molecule has 0 unspecified atom stereocenters. The lowest BCUT2D eigenvalue weighted by atomic mass is 10.0. The summed E-state index contributed by atoms with van der Waals surface area (Å²) < 4.78 is 6.28. The van der Waals surface area contributed by atoms with Crippen molar-refractivity contribution < 1.29 is 19.4 Å². The molecule has 0 fully saturated rings. The van der Waals surface area contributed by atoms with Gasteiger partial charge in [0.25, 0.3) is 5.91 Å². The Morgan fingerprint density at radius 1 is 1.29 bits per heavy atom. The molecule has 1 aromatic carbocycles. The highest BCUT2D eigenvalue weighted by Gasteiger charge is 2.35. The van der Waals surface area contributed by atoms with Crippen LogP contribution >= 0.6 is 15.9 Å². The Kier molecular flexibility index (Phi) is 5.39. The fourth-order valence-corrected chi connectivity index (χ4v) is 2.09. The van der Waals surface area contributed by atoms with Crippen LogP contribution in [0.4, 0.5) is 0 Å². The lowest BCUT2D eigenvalue weighted by molar-refractivity contribution is -0.147. The second kappa shape index (κ2) is 6.47. The first kappa shape index (κ1) is 17.5. The van der Waals surface area contributed by atoms with Gasteiger partial charge in [-0.25, -0.2) is 4.79 Å². The summed E-state index contributed by atoms with van der Waals surface area (Å²) in [6.07, 6.45) is -0.0181. The molecule has 0 heterocycles. The lowest BCUT2D eigenvalue weighted by Gasteiger charge is -2.31. The highest BCUT2D eigenvalue weighted by Crippen LogP contribution is 2.25. The van der Waals surface area contributed by atoms with E-state index in [1.807, 2.05) is 13.8 Å². The third kappa shape index (κ3) is 4.20. The number of likely N-dealkylation sites (N-methyl/N-ethyl adjacent to an activating group) is 1. The third-order valence-corrected chi connectivity index (χ3v) is 3.61. The normalized spacial score (nSPS) is 11.4. The topological polar surface area (TPSA) is 66.8 Å². The molecule has 1 rings (SSSR count). The average Bonchev–Trinajstić information content (AvgIpc) is 2.35. The van der Waals surface area contributed by atoms with Crippen LogP contribution in [0.25, 0.3) is 0 Å². The van der Waals surface area contributed by atoms with Gasteiger partial charge in [-0.1, -0.05) is 15.9 Å². The van der Waals surface area contributed by atoms with Gasteiger partial charge < -0.3 is 14.7 Å². The van der Waals surface area contributed by atoms with Crippen molar-refractivity contribution in [2.75, 3.05) is 7.05 Å². The van der Waals surface area contributed by atoms with Gasteiger partial charge in [-0.3, -0.25) is 4.79 Å². The molecular formula is C15H20BrNO4. The summed E-state index contributed by atoms with van der Waals surface area (Å²) >= 11 is 3.33. The zero-order chi connectivity index (χ0) is 16.4. The molecular weight excluding hydrogens is 338 g/mol. The van der Waals surface area contributed by atoms with Crippen molar-refractivity contribution >= 4 is 27.8 Å². The molecule has 0 saturated heterocycles. The molecule has 0 saturated carbocycles. The highest BCUT2D eigenvalue weighted by molar-refractivity contribution is 9.10. The molecule has 116 valence electrons. The van der Waals surface area contributed by atoms with Crippen LogP contribution in [0.15, 0.2) is 22.7 Å². The van der Waals surface area contributed by atoms with Gasteiger partial charge in [-0.05, 0) is 45.9 Å². The minimum absolute atomic E-state index is 0.0181. The first-order valence-electron chi connectivity index (χ1n) is 6.54. The maximum atomic E-state index is 12.5. The van der Waals surface area contributed by atoms with Crippen LogP contribution in [0.1, 0.15) is 38.1 Å². The van der Waals surface area contributed by atoms with E-state index < -0.39 is 11.5 Å². The number of amides is 1. The van der Waals surface area contributed by atoms with Gasteiger partial charge in [0, 0.05) is 17.1 Å². The van der Waals surface area contributed by atoms with E-state index in [1.165, 1.54) is 25.8 Å². The van der Waals surface area contributed by atoms with E-state index in [2.05, 4.69) is 15.9 Å². The van der Waals surface area contributed by atoms with Crippen LogP contribution in [-0.4, -0.2) is 40.6 Å². The molecule has 0 atom stereocenters. The van der Waals surface area contributed by atoms with Gasteiger partial charge in [0.2, 0.25) is 0 Å². The zero-order valence-electron chi connectivity index (χ0n) is 12.8. The van der Waals surface area contributed by atoms with E-state index in [9.17, 15) is 14.7 Å². The van der Waals surface area contributed by atoms with Crippen LogP contribution in [0.3, 0.4) is 0 Å². The lowest BCUT2D eigenvalue weighted by Crippen LogP contribution is -2.50. The molecule has 6 heteroatoms. The third-order valence-electron chi connectivity index (χ3n) is 3.16. The van der Waals surface area contributed by atoms with Crippen molar-refractivity contribution in [1.82, 2.24) is 4.90 Å². The molecule has 1 amide bonds. The van der Waals surface area contributed by atoms with Crippen molar-refractivity contribution in [3.05, 3.63) is 28.2 Å². The van der Waals surface area contributed by atoms with E-state index in [4.69, 9.17) is 4.74 Å². The van der Waals surface area contributed by atoms with Crippen molar-refractivity contribution in [2.45, 2.75) is 39.3 Å². The Bertz CT molecular complexity index is 555. The summed E-state index contributed by atoms with van der Waals surface area (Å²) in [6.45, 7) is 6.75. The number of hydrogen-bond acceptors (Lipinski definition) is 3. The number of nitrogens with zero attached hydrogens (tertiary/aromatic N) is 1. The predicted octanol–water partition coefficient (Wildman–Crippen LogP) is 3.17. The average molecular weight is 358 g/mol.